The molecule has 0 saturated carbocycles. The predicted octanol–water partition coefficient (Wildman–Crippen LogP) is 7.19. The molecule has 0 aliphatic carbocycles. The molecule has 39 heavy (non-hydrogen) atoms. The Kier molecular flexibility index (Phi) is 8.24. The number of nitrogens with zero attached hydrogens (tertiary/aromatic N) is 4. The van der Waals surface area contributed by atoms with Crippen LogP contribution in [0.4, 0.5) is 29.3 Å². The summed E-state index contributed by atoms with van der Waals surface area (Å²) in [4.78, 5) is 20.6. The van der Waals surface area contributed by atoms with Gasteiger partial charge in [0.05, 0.1) is 5.69 Å². The van der Waals surface area contributed by atoms with Gasteiger partial charge >= 0.3 is 12.4 Å². The average Bonchev–Trinajstić information content (AvgIpc) is 3.34. The van der Waals surface area contributed by atoms with Crippen LogP contribution in [0.15, 0.2) is 78.0 Å². The lowest BCUT2D eigenvalue weighted by atomic mass is 9.96. The first-order valence-corrected chi connectivity index (χ1v) is 12.3. The predicted molar refractivity (Wildman–Crippen MR) is 148 cm³/mol. The fraction of sp³-hybridized carbons (Fsp3) is 0.185. The van der Waals surface area contributed by atoms with E-state index in [1.165, 1.54) is 35.3 Å². The van der Waals surface area contributed by atoms with Gasteiger partial charge in [-0.3, -0.25) is 0 Å². The zero-order valence-electron chi connectivity index (χ0n) is 21.2. The summed E-state index contributed by atoms with van der Waals surface area (Å²) in [5.41, 5.74) is 4.78. The van der Waals surface area contributed by atoms with Gasteiger partial charge in [0, 0.05) is 16.9 Å². The molecule has 0 spiro atoms. The van der Waals surface area contributed by atoms with Crippen LogP contribution in [0.3, 0.4) is 0 Å². The van der Waals surface area contributed by atoms with Crippen molar-refractivity contribution in [2.24, 2.45) is 4.99 Å². The van der Waals surface area contributed by atoms with Gasteiger partial charge in [-0.25, -0.2) is 14.5 Å². The summed E-state index contributed by atoms with van der Waals surface area (Å²) in [7, 11) is 0. The fourth-order valence-electron chi connectivity index (χ4n) is 3.97. The summed E-state index contributed by atoms with van der Waals surface area (Å²) >= 11 is 4.32. The van der Waals surface area contributed by atoms with Crippen molar-refractivity contribution < 1.29 is 22.7 Å². The second kappa shape index (κ2) is 11.6. The monoisotopic (exact) mass is 554 g/mol. The number of anilines is 2. The number of urea groups is 1. The Labute approximate surface area is 228 Å². The van der Waals surface area contributed by atoms with E-state index in [1.54, 1.807) is 24.3 Å². The third-order valence-electron chi connectivity index (χ3n) is 5.58. The first-order chi connectivity index (χ1) is 18.5. The lowest BCUT2D eigenvalue weighted by Gasteiger charge is -2.16. The molecule has 12 heteroatoms. The number of aromatic nitrogens is 3. The van der Waals surface area contributed by atoms with E-state index in [2.05, 4.69) is 56.9 Å². The zero-order valence-corrected chi connectivity index (χ0v) is 22.1. The highest BCUT2D eigenvalue weighted by Crippen LogP contribution is 2.28. The molecular weight excluding hydrogens is 529 g/mol. The van der Waals surface area contributed by atoms with Crippen molar-refractivity contribution in [1.29, 1.82) is 0 Å². The van der Waals surface area contributed by atoms with Crippen LogP contribution in [0.1, 0.15) is 30.9 Å². The zero-order chi connectivity index (χ0) is 28.2. The fourth-order valence-corrected chi connectivity index (χ4v) is 4.19. The first kappa shape index (κ1) is 27.7. The third-order valence-corrected chi connectivity index (χ3v) is 5.79. The summed E-state index contributed by atoms with van der Waals surface area (Å²) in [6.45, 7) is 6.21. The van der Waals surface area contributed by atoms with E-state index >= 15 is 0 Å². The number of rotatable bonds is 6. The van der Waals surface area contributed by atoms with E-state index in [0.29, 0.717) is 22.8 Å². The number of aryl methyl sites for hydroxylation is 1. The van der Waals surface area contributed by atoms with Crippen LogP contribution in [0.5, 0.6) is 5.75 Å². The number of aliphatic imine (C=N–C) groups is 1. The molecule has 0 saturated heterocycles. The highest BCUT2D eigenvalue weighted by Gasteiger charge is 2.31. The number of nitrogens with one attached hydrogen (secondary N) is 2. The van der Waals surface area contributed by atoms with Crippen molar-refractivity contribution in [3.63, 3.8) is 0 Å². The summed E-state index contributed by atoms with van der Waals surface area (Å²) in [5.74, 6) is 0.341. The van der Waals surface area contributed by atoms with Crippen LogP contribution in [-0.2, 0) is 0 Å². The molecular formula is C27H25F3N6O2S. The Morgan fingerprint density at radius 3 is 2.36 bits per heavy atom. The van der Waals surface area contributed by atoms with E-state index < -0.39 is 12.4 Å². The molecule has 1 heterocycles. The van der Waals surface area contributed by atoms with Crippen molar-refractivity contribution >= 4 is 35.2 Å². The Balaban J connectivity index is 1.39. The van der Waals surface area contributed by atoms with E-state index in [1.807, 2.05) is 25.1 Å². The van der Waals surface area contributed by atoms with E-state index in [-0.39, 0.29) is 16.8 Å². The van der Waals surface area contributed by atoms with E-state index in [0.717, 1.165) is 16.8 Å². The van der Waals surface area contributed by atoms with Crippen molar-refractivity contribution in [2.45, 2.75) is 33.1 Å². The molecule has 4 aromatic rings. The van der Waals surface area contributed by atoms with E-state index in [9.17, 15) is 18.0 Å². The van der Waals surface area contributed by atoms with E-state index in [4.69, 9.17) is 0 Å². The van der Waals surface area contributed by atoms with Crippen LogP contribution in [-0.4, -0.2) is 32.3 Å². The van der Waals surface area contributed by atoms with Crippen LogP contribution in [0.2, 0.25) is 0 Å². The van der Waals surface area contributed by atoms with Crippen molar-refractivity contribution in [3.8, 4) is 22.8 Å². The molecule has 0 unspecified atom stereocenters. The third kappa shape index (κ3) is 7.38. The minimum Gasteiger partial charge on any atom is -0.406 e. The molecule has 202 valence electrons. The van der Waals surface area contributed by atoms with Crippen molar-refractivity contribution in [1.82, 2.24) is 14.8 Å². The highest BCUT2D eigenvalue weighted by atomic mass is 32.1. The number of ether oxygens (including phenoxy) is 1. The second-order valence-electron chi connectivity index (χ2n) is 8.81. The van der Waals surface area contributed by atoms with Crippen LogP contribution in [0.25, 0.3) is 17.1 Å². The Morgan fingerprint density at radius 2 is 1.72 bits per heavy atom. The molecule has 0 radical (unpaired) electrons. The molecule has 0 bridgehead atoms. The van der Waals surface area contributed by atoms with Gasteiger partial charge in [0.2, 0.25) is 0 Å². The quantitative estimate of drug-likeness (QED) is 0.133. The number of hydrogen-bond donors (Lipinski definition) is 3. The largest absolute Gasteiger partial charge is 0.573 e. The molecule has 8 nitrogen and oxygen atoms in total. The van der Waals surface area contributed by atoms with Crippen LogP contribution >= 0.6 is 12.6 Å². The number of amides is 2. The normalized spacial score (nSPS) is 11.9. The molecule has 4 rings (SSSR count). The maximum absolute atomic E-state index is 12.4. The smallest absolute Gasteiger partial charge is 0.406 e. The van der Waals surface area contributed by atoms with Gasteiger partial charge in [-0.2, -0.15) is 4.99 Å². The number of carbonyl (C=O) groups excluding carboxylic acids is 1. The summed E-state index contributed by atoms with van der Waals surface area (Å²) in [6.07, 6.45) is -3.32. The number of benzene rings is 3. The number of carbonyl (C=O) groups is 1. The maximum atomic E-state index is 12.4. The summed E-state index contributed by atoms with van der Waals surface area (Å²) in [5, 5.41) is 10.3. The number of amidine groups is 1. The lowest BCUT2D eigenvalue weighted by Crippen LogP contribution is -2.17. The SMILES string of the molecule is Cc1cccc(N/C(S)=N/C(=O)Nc2ccc(-c3ncn(-c4ccc(OC(F)(F)F)cc4)n3)cc2)c1C(C)C. The molecule has 0 fully saturated rings. The Bertz CT molecular complexity index is 1480. The molecule has 0 aliphatic heterocycles. The van der Waals surface area contributed by atoms with Gasteiger partial charge < -0.3 is 15.4 Å². The van der Waals surface area contributed by atoms with Gasteiger partial charge in [0.15, 0.2) is 11.0 Å². The van der Waals surface area contributed by atoms with Gasteiger partial charge in [-0.1, -0.05) is 26.0 Å². The molecule has 3 aromatic carbocycles. The lowest BCUT2D eigenvalue weighted by molar-refractivity contribution is -0.274. The average molecular weight is 555 g/mol. The second-order valence-corrected chi connectivity index (χ2v) is 9.24. The van der Waals surface area contributed by atoms with Gasteiger partial charge in [-0.05, 0) is 78.6 Å². The molecule has 0 atom stereocenters. The molecule has 1 aromatic heterocycles. The van der Waals surface area contributed by atoms with Gasteiger partial charge in [0.25, 0.3) is 0 Å². The van der Waals surface area contributed by atoms with Gasteiger partial charge in [-0.15, -0.1) is 30.9 Å². The summed E-state index contributed by atoms with van der Waals surface area (Å²) < 4.78 is 42.4. The number of hydrogen-bond acceptors (Lipinski definition) is 4. The topological polar surface area (TPSA) is 93.4 Å². The van der Waals surface area contributed by atoms with Crippen LogP contribution in [0, 0.1) is 6.92 Å². The Hall–Kier alpha value is -4.32. The highest BCUT2D eigenvalue weighted by molar-refractivity contribution is 7.97. The molecule has 2 amide bonds. The maximum Gasteiger partial charge on any atom is 0.573 e. The molecule has 2 N–H and O–H groups in total. The minimum absolute atomic E-state index is 0.157. The van der Waals surface area contributed by atoms with Crippen molar-refractivity contribution in [2.75, 3.05) is 10.6 Å². The van der Waals surface area contributed by atoms with Crippen molar-refractivity contribution in [3.05, 3.63) is 84.2 Å². The molecule has 0 aliphatic rings. The Morgan fingerprint density at radius 1 is 1.03 bits per heavy atom. The number of thiol groups is 1. The number of halogens is 3. The minimum atomic E-state index is -4.76. The summed E-state index contributed by atoms with van der Waals surface area (Å²) in [6, 6.07) is 17.3. The van der Waals surface area contributed by atoms with Crippen LogP contribution < -0.4 is 15.4 Å². The number of alkyl halides is 3. The first-order valence-electron chi connectivity index (χ1n) is 11.8. The standard InChI is InChI=1S/C27H25F3N6O2S/c1-16(2)23-17(3)5-4-6-22(23)33-26(39)34-25(37)32-19-9-7-18(8-10-19)24-31-15-36(35-24)20-11-13-21(14-12-20)38-27(28,29)30/h4-16H,1-3H3,(H3,32,33,34,37,39). The van der Waals surface area contributed by atoms with Gasteiger partial charge in [0.1, 0.15) is 12.1 Å².